The van der Waals surface area contributed by atoms with E-state index in [0.717, 1.165) is 0 Å². The lowest BCUT2D eigenvalue weighted by Gasteiger charge is -2.07. The van der Waals surface area contributed by atoms with E-state index in [2.05, 4.69) is 25.9 Å². The maximum Gasteiger partial charge on any atom is 0.273 e. The second-order valence-electron chi connectivity index (χ2n) is 3.46. The molecule has 0 fully saturated rings. The number of nitro benzene ring substituents is 1. The highest BCUT2D eigenvalue weighted by atomic mass is 79.9. The van der Waals surface area contributed by atoms with Gasteiger partial charge < -0.3 is 16.2 Å². The van der Waals surface area contributed by atoms with Crippen molar-refractivity contribution >= 4 is 33.4 Å². The van der Waals surface area contributed by atoms with Crippen LogP contribution in [0.15, 0.2) is 28.7 Å². The Bertz CT molecular complexity index is 629. The minimum absolute atomic E-state index is 0.0449. The maximum absolute atomic E-state index is 10.7. The number of nitrogen functional groups attached to an aromatic ring is 2. The van der Waals surface area contributed by atoms with Gasteiger partial charge in [-0.15, -0.1) is 0 Å². The van der Waals surface area contributed by atoms with Gasteiger partial charge in [0.2, 0.25) is 11.8 Å². The quantitative estimate of drug-likeness (QED) is 0.652. The van der Waals surface area contributed by atoms with Crippen molar-refractivity contribution in [2.75, 3.05) is 11.5 Å². The number of nitro groups is 1. The summed E-state index contributed by atoms with van der Waals surface area (Å²) in [6, 6.07) is 5.47. The monoisotopic (exact) mass is 325 g/mol. The van der Waals surface area contributed by atoms with E-state index in [1.807, 2.05) is 0 Å². The number of hydrogen-bond acceptors (Lipinski definition) is 7. The van der Waals surface area contributed by atoms with Gasteiger partial charge in [-0.3, -0.25) is 10.1 Å². The highest BCUT2D eigenvalue weighted by Gasteiger charge is 2.12. The Hall–Kier alpha value is -2.42. The predicted molar refractivity (Wildman–Crippen MR) is 71.7 cm³/mol. The number of ether oxygens (including phenoxy) is 1. The molecule has 8 nitrogen and oxygen atoms in total. The van der Waals surface area contributed by atoms with Crippen molar-refractivity contribution in [2.24, 2.45) is 0 Å². The van der Waals surface area contributed by atoms with Gasteiger partial charge in [-0.2, -0.15) is 9.97 Å². The van der Waals surface area contributed by atoms with Gasteiger partial charge in [-0.1, -0.05) is 0 Å². The normalized spacial score (nSPS) is 10.2. The zero-order chi connectivity index (χ0) is 14.0. The fourth-order valence-electron chi connectivity index (χ4n) is 1.31. The molecule has 0 aliphatic carbocycles. The summed E-state index contributed by atoms with van der Waals surface area (Å²) in [5.41, 5.74) is 10.8. The first-order valence-corrected chi connectivity index (χ1v) is 5.77. The van der Waals surface area contributed by atoms with Crippen molar-refractivity contribution in [2.45, 2.75) is 0 Å². The van der Waals surface area contributed by atoms with Crippen molar-refractivity contribution < 1.29 is 9.66 Å². The summed E-state index contributed by atoms with van der Waals surface area (Å²) in [6.07, 6.45) is 0. The number of nitrogens with two attached hydrogens (primary N) is 2. The van der Waals surface area contributed by atoms with Crippen molar-refractivity contribution in [3.05, 3.63) is 38.9 Å². The molecule has 9 heteroatoms. The van der Waals surface area contributed by atoms with Gasteiger partial charge in [-0.25, -0.2) is 0 Å². The van der Waals surface area contributed by atoms with Crippen molar-refractivity contribution in [3.8, 4) is 11.6 Å². The van der Waals surface area contributed by atoms with E-state index in [1.165, 1.54) is 24.3 Å². The lowest BCUT2D eigenvalue weighted by molar-refractivity contribution is -0.384. The molecule has 4 N–H and O–H groups in total. The first-order chi connectivity index (χ1) is 8.95. The number of nitrogens with zero attached hydrogens (tertiary/aromatic N) is 3. The summed E-state index contributed by atoms with van der Waals surface area (Å²) in [4.78, 5) is 17.7. The molecule has 2 aromatic rings. The van der Waals surface area contributed by atoms with E-state index < -0.39 is 4.92 Å². The SMILES string of the molecule is Nc1cc(Oc2cc([N+](=O)[O-])ccc2Br)nc(N)n1. The Morgan fingerprint density at radius 3 is 2.63 bits per heavy atom. The molecule has 0 radical (unpaired) electrons. The van der Waals surface area contributed by atoms with Crippen LogP contribution in [0.25, 0.3) is 0 Å². The van der Waals surface area contributed by atoms with E-state index in [9.17, 15) is 10.1 Å². The van der Waals surface area contributed by atoms with Crippen LogP contribution in [0.5, 0.6) is 11.6 Å². The average Bonchev–Trinajstić information content (AvgIpc) is 2.30. The Labute approximate surface area is 115 Å². The summed E-state index contributed by atoms with van der Waals surface area (Å²) in [5.74, 6) is 0.429. The van der Waals surface area contributed by atoms with Crippen LogP contribution in [0.3, 0.4) is 0 Å². The molecule has 0 atom stereocenters. The highest BCUT2D eigenvalue weighted by Crippen LogP contribution is 2.32. The van der Waals surface area contributed by atoms with Crippen LogP contribution < -0.4 is 16.2 Å². The second kappa shape index (κ2) is 5.06. The van der Waals surface area contributed by atoms with Gasteiger partial charge in [0.05, 0.1) is 15.5 Å². The fourth-order valence-corrected chi connectivity index (χ4v) is 1.64. The number of non-ortho nitro benzene ring substituents is 1. The summed E-state index contributed by atoms with van der Waals surface area (Å²) in [6.45, 7) is 0. The highest BCUT2D eigenvalue weighted by molar-refractivity contribution is 9.10. The van der Waals surface area contributed by atoms with Gasteiger partial charge >= 0.3 is 0 Å². The van der Waals surface area contributed by atoms with Gasteiger partial charge in [0.15, 0.2) is 5.75 Å². The summed E-state index contributed by atoms with van der Waals surface area (Å²) in [7, 11) is 0. The molecule has 1 heterocycles. The number of hydrogen-bond donors (Lipinski definition) is 2. The molecule has 0 aliphatic rings. The minimum Gasteiger partial charge on any atom is -0.437 e. The molecule has 0 amide bonds. The largest absolute Gasteiger partial charge is 0.437 e. The molecule has 0 saturated carbocycles. The summed E-state index contributed by atoms with van der Waals surface area (Å²) >= 11 is 3.22. The van der Waals surface area contributed by atoms with Crippen molar-refractivity contribution in [3.63, 3.8) is 0 Å². The molecule has 1 aromatic heterocycles. The van der Waals surface area contributed by atoms with Crippen LogP contribution in [-0.4, -0.2) is 14.9 Å². The average molecular weight is 326 g/mol. The molecular weight excluding hydrogens is 318 g/mol. The third kappa shape index (κ3) is 3.07. The van der Waals surface area contributed by atoms with Gasteiger partial charge in [0.25, 0.3) is 5.69 Å². The molecule has 0 aliphatic heterocycles. The van der Waals surface area contributed by atoms with Crippen LogP contribution >= 0.6 is 15.9 Å². The number of halogens is 1. The molecule has 98 valence electrons. The minimum atomic E-state index is -0.526. The van der Waals surface area contributed by atoms with Crippen molar-refractivity contribution in [1.29, 1.82) is 0 Å². The molecule has 0 spiro atoms. The fraction of sp³-hybridized carbons (Fsp3) is 0. The van der Waals surface area contributed by atoms with E-state index in [4.69, 9.17) is 16.2 Å². The standard InChI is InChI=1S/C10H8BrN5O3/c11-6-2-1-5(16(17)18)3-7(6)19-9-4-8(12)14-10(13)15-9/h1-4H,(H4,12,13,14,15). The van der Waals surface area contributed by atoms with E-state index in [0.29, 0.717) is 4.47 Å². The third-order valence-corrected chi connectivity index (χ3v) is 2.74. The molecule has 0 bridgehead atoms. The van der Waals surface area contributed by atoms with Gasteiger partial charge in [-0.05, 0) is 22.0 Å². The summed E-state index contributed by atoms with van der Waals surface area (Å²) < 4.78 is 5.94. The van der Waals surface area contributed by atoms with E-state index >= 15 is 0 Å². The number of anilines is 2. The zero-order valence-corrected chi connectivity index (χ0v) is 11.0. The molecular formula is C10H8BrN5O3. The van der Waals surface area contributed by atoms with Crippen LogP contribution in [-0.2, 0) is 0 Å². The Balaban J connectivity index is 2.37. The Morgan fingerprint density at radius 1 is 1.26 bits per heavy atom. The number of benzene rings is 1. The molecule has 0 unspecified atom stereocenters. The first kappa shape index (κ1) is 13.0. The van der Waals surface area contributed by atoms with Crippen LogP contribution in [0.4, 0.5) is 17.5 Å². The maximum atomic E-state index is 10.7. The van der Waals surface area contributed by atoms with Crippen molar-refractivity contribution in [1.82, 2.24) is 9.97 Å². The molecule has 19 heavy (non-hydrogen) atoms. The van der Waals surface area contributed by atoms with Gasteiger partial charge in [0, 0.05) is 12.1 Å². The van der Waals surface area contributed by atoms with E-state index in [-0.39, 0.29) is 29.1 Å². The van der Waals surface area contributed by atoms with E-state index in [1.54, 1.807) is 0 Å². The second-order valence-corrected chi connectivity index (χ2v) is 4.32. The first-order valence-electron chi connectivity index (χ1n) is 4.97. The summed E-state index contributed by atoms with van der Waals surface area (Å²) in [5, 5.41) is 10.7. The van der Waals surface area contributed by atoms with Gasteiger partial charge in [0.1, 0.15) is 5.82 Å². The predicted octanol–water partition coefficient (Wildman–Crippen LogP) is 2.10. The molecule has 0 saturated heterocycles. The Kier molecular flexibility index (Phi) is 3.47. The molecule has 2 rings (SSSR count). The van der Waals surface area contributed by atoms with Crippen LogP contribution in [0, 0.1) is 10.1 Å². The topological polar surface area (TPSA) is 130 Å². The van der Waals surface area contributed by atoms with Crippen LogP contribution in [0.2, 0.25) is 0 Å². The lowest BCUT2D eigenvalue weighted by Crippen LogP contribution is -2.01. The van der Waals surface area contributed by atoms with Crippen LogP contribution in [0.1, 0.15) is 0 Å². The third-order valence-electron chi connectivity index (χ3n) is 2.08. The smallest absolute Gasteiger partial charge is 0.273 e. The zero-order valence-electron chi connectivity index (χ0n) is 9.41. The molecule has 1 aromatic carbocycles. The lowest BCUT2D eigenvalue weighted by atomic mass is 10.3. The Morgan fingerprint density at radius 2 is 2.00 bits per heavy atom. The number of aromatic nitrogens is 2. The number of rotatable bonds is 3.